The summed E-state index contributed by atoms with van der Waals surface area (Å²) >= 11 is 0. The third-order valence-electron chi connectivity index (χ3n) is 1.14. The predicted octanol–water partition coefficient (Wildman–Crippen LogP) is -0.847. The topological polar surface area (TPSA) is 109 Å². The summed E-state index contributed by atoms with van der Waals surface area (Å²) in [4.78, 5) is 0. The van der Waals surface area contributed by atoms with E-state index in [1.165, 1.54) is 12.3 Å². The Hall–Kier alpha value is -1.09. The van der Waals surface area contributed by atoms with Gasteiger partial charge in [0.25, 0.3) is 0 Å². The fourth-order valence-electron chi connectivity index (χ4n) is 0.792. The zero-order chi connectivity index (χ0) is 10.8. The first kappa shape index (κ1) is 11.0. The average molecular weight is 239 g/mol. The molecule has 9 heteroatoms. The van der Waals surface area contributed by atoms with E-state index in [2.05, 4.69) is 10.2 Å². The van der Waals surface area contributed by atoms with Crippen LogP contribution in [0.25, 0.3) is 0 Å². The Labute approximate surface area is 81.5 Å². The lowest BCUT2D eigenvalue weighted by Gasteiger charge is -2.03. The molecule has 0 amide bonds. The standard InChI is InChI=1S/C5H9N3O4S2/c1-13(9,10)4-14(11,12)8-5-2-3-6-7-5/h2-3H,4H2,1H3,(H2,6,7,8). The Morgan fingerprint density at radius 2 is 2.07 bits per heavy atom. The third kappa shape index (κ3) is 3.75. The smallest absolute Gasteiger partial charge is 0.248 e. The van der Waals surface area contributed by atoms with Gasteiger partial charge in [0.2, 0.25) is 10.0 Å². The second kappa shape index (κ2) is 3.58. The summed E-state index contributed by atoms with van der Waals surface area (Å²) < 4.78 is 45.8. The van der Waals surface area contributed by atoms with E-state index in [4.69, 9.17) is 0 Å². The monoisotopic (exact) mass is 239 g/mol. The molecule has 0 saturated heterocycles. The van der Waals surface area contributed by atoms with Crippen molar-refractivity contribution in [2.24, 2.45) is 0 Å². The van der Waals surface area contributed by atoms with Crippen LogP contribution in [0, 0.1) is 0 Å². The molecule has 1 rings (SSSR count). The Morgan fingerprint density at radius 3 is 2.50 bits per heavy atom. The van der Waals surface area contributed by atoms with Crippen LogP contribution in [0.4, 0.5) is 5.82 Å². The van der Waals surface area contributed by atoms with Crippen molar-refractivity contribution in [3.63, 3.8) is 0 Å². The van der Waals surface area contributed by atoms with Gasteiger partial charge in [0, 0.05) is 12.3 Å². The number of aromatic amines is 1. The molecule has 2 N–H and O–H groups in total. The summed E-state index contributed by atoms with van der Waals surface area (Å²) in [7, 11) is -7.44. The van der Waals surface area contributed by atoms with Gasteiger partial charge in [0.1, 0.15) is 5.82 Å². The van der Waals surface area contributed by atoms with Crippen LogP contribution in [0.3, 0.4) is 0 Å². The van der Waals surface area contributed by atoms with Crippen LogP contribution in [0.2, 0.25) is 0 Å². The predicted molar refractivity (Wildman–Crippen MR) is 50.8 cm³/mol. The van der Waals surface area contributed by atoms with E-state index in [1.54, 1.807) is 0 Å². The van der Waals surface area contributed by atoms with Gasteiger partial charge in [0.05, 0.1) is 6.20 Å². The van der Waals surface area contributed by atoms with Crippen molar-refractivity contribution in [2.75, 3.05) is 16.1 Å². The largest absolute Gasteiger partial charge is 0.267 e. The number of sulfone groups is 1. The van der Waals surface area contributed by atoms with Crippen LogP contribution in [0.1, 0.15) is 0 Å². The van der Waals surface area contributed by atoms with E-state index in [0.717, 1.165) is 6.26 Å². The number of anilines is 1. The van der Waals surface area contributed by atoms with Crippen LogP contribution in [0.5, 0.6) is 0 Å². The van der Waals surface area contributed by atoms with Crippen LogP contribution in [-0.2, 0) is 19.9 Å². The highest BCUT2D eigenvalue weighted by molar-refractivity contribution is 8.08. The third-order valence-corrected chi connectivity index (χ3v) is 4.62. The second-order valence-electron chi connectivity index (χ2n) is 2.73. The molecule has 1 aromatic rings. The van der Waals surface area contributed by atoms with Crippen molar-refractivity contribution in [1.29, 1.82) is 0 Å². The normalized spacial score (nSPS) is 12.6. The van der Waals surface area contributed by atoms with Crippen molar-refractivity contribution >= 4 is 25.7 Å². The summed E-state index contributed by atoms with van der Waals surface area (Å²) in [5.41, 5.74) is 0. The molecule has 1 aromatic heterocycles. The van der Waals surface area contributed by atoms with Crippen LogP contribution >= 0.6 is 0 Å². The molecule has 0 aliphatic rings. The van der Waals surface area contributed by atoms with Gasteiger partial charge in [0.15, 0.2) is 14.9 Å². The molecule has 0 radical (unpaired) electrons. The van der Waals surface area contributed by atoms with Crippen molar-refractivity contribution in [3.8, 4) is 0 Å². The molecule has 0 aliphatic carbocycles. The molecule has 0 fully saturated rings. The maximum absolute atomic E-state index is 11.2. The molecule has 0 aliphatic heterocycles. The number of nitrogens with zero attached hydrogens (tertiary/aromatic N) is 1. The molecule has 0 atom stereocenters. The molecule has 0 saturated carbocycles. The first-order valence-corrected chi connectivity index (χ1v) is 7.17. The van der Waals surface area contributed by atoms with E-state index in [1.807, 2.05) is 4.72 Å². The molecule has 80 valence electrons. The summed E-state index contributed by atoms with van der Waals surface area (Å²) in [6.07, 6.45) is 2.19. The zero-order valence-corrected chi connectivity index (χ0v) is 8.89. The van der Waals surface area contributed by atoms with Gasteiger partial charge in [-0.15, -0.1) is 0 Å². The molecule has 0 spiro atoms. The minimum atomic E-state index is -3.87. The molecule has 0 bridgehead atoms. The maximum atomic E-state index is 11.2. The highest BCUT2D eigenvalue weighted by atomic mass is 32.3. The zero-order valence-electron chi connectivity index (χ0n) is 7.26. The molecular weight excluding hydrogens is 230 g/mol. The molecule has 0 aromatic carbocycles. The lowest BCUT2D eigenvalue weighted by atomic mass is 10.7. The molecular formula is C5H9N3O4S2. The van der Waals surface area contributed by atoms with Crippen LogP contribution in [0.15, 0.2) is 12.3 Å². The van der Waals surface area contributed by atoms with Crippen LogP contribution < -0.4 is 4.72 Å². The van der Waals surface area contributed by atoms with Crippen molar-refractivity contribution in [1.82, 2.24) is 10.2 Å². The van der Waals surface area contributed by atoms with Gasteiger partial charge in [-0.1, -0.05) is 0 Å². The average Bonchev–Trinajstić information content (AvgIpc) is 2.31. The van der Waals surface area contributed by atoms with Crippen molar-refractivity contribution in [2.45, 2.75) is 0 Å². The number of H-pyrrole nitrogens is 1. The highest BCUT2D eigenvalue weighted by Crippen LogP contribution is 2.04. The molecule has 1 heterocycles. The quantitative estimate of drug-likeness (QED) is 0.711. The second-order valence-corrected chi connectivity index (χ2v) is 6.96. The van der Waals surface area contributed by atoms with Gasteiger partial charge in [-0.3, -0.25) is 9.82 Å². The Bertz CT molecular complexity index is 487. The van der Waals surface area contributed by atoms with Gasteiger partial charge < -0.3 is 0 Å². The fourth-order valence-corrected chi connectivity index (χ4v) is 3.73. The number of aromatic nitrogens is 2. The number of hydrogen-bond donors (Lipinski definition) is 2. The van der Waals surface area contributed by atoms with E-state index in [9.17, 15) is 16.8 Å². The van der Waals surface area contributed by atoms with E-state index in [0.29, 0.717) is 0 Å². The van der Waals surface area contributed by atoms with E-state index < -0.39 is 24.9 Å². The minimum Gasteiger partial charge on any atom is -0.267 e. The highest BCUT2D eigenvalue weighted by Gasteiger charge is 2.18. The number of sulfonamides is 1. The molecule has 14 heavy (non-hydrogen) atoms. The summed E-state index contributed by atoms with van der Waals surface area (Å²) in [5, 5.41) is 4.90. The summed E-state index contributed by atoms with van der Waals surface area (Å²) in [6, 6.07) is 1.37. The van der Waals surface area contributed by atoms with Crippen molar-refractivity contribution in [3.05, 3.63) is 12.3 Å². The first-order chi connectivity index (χ1) is 6.29. The summed E-state index contributed by atoms with van der Waals surface area (Å²) in [5.74, 6) is 0.133. The van der Waals surface area contributed by atoms with Gasteiger partial charge in [-0.2, -0.15) is 5.10 Å². The van der Waals surface area contributed by atoms with Gasteiger partial charge in [-0.05, 0) is 0 Å². The number of rotatable bonds is 4. The first-order valence-electron chi connectivity index (χ1n) is 3.46. The molecule has 7 nitrogen and oxygen atoms in total. The summed E-state index contributed by atoms with van der Waals surface area (Å²) in [6.45, 7) is 0. The number of nitrogens with one attached hydrogen (secondary N) is 2. The van der Waals surface area contributed by atoms with Crippen LogP contribution in [-0.4, -0.2) is 38.4 Å². The van der Waals surface area contributed by atoms with E-state index >= 15 is 0 Å². The maximum Gasteiger partial charge on any atom is 0.248 e. The fraction of sp³-hybridized carbons (Fsp3) is 0.400. The van der Waals surface area contributed by atoms with Gasteiger partial charge in [-0.25, -0.2) is 16.8 Å². The SMILES string of the molecule is CS(=O)(=O)CS(=O)(=O)Nc1ccn[nH]1. The lowest BCUT2D eigenvalue weighted by Crippen LogP contribution is -2.22. The Morgan fingerprint density at radius 1 is 1.43 bits per heavy atom. The molecule has 0 unspecified atom stereocenters. The van der Waals surface area contributed by atoms with Gasteiger partial charge >= 0.3 is 0 Å². The lowest BCUT2D eigenvalue weighted by molar-refractivity contribution is 0.594. The van der Waals surface area contributed by atoms with Crippen molar-refractivity contribution < 1.29 is 16.8 Å². The Kier molecular flexibility index (Phi) is 2.81. The Balaban J connectivity index is 2.79. The van der Waals surface area contributed by atoms with E-state index in [-0.39, 0.29) is 5.82 Å². The minimum absolute atomic E-state index is 0.133. The number of hydrogen-bond acceptors (Lipinski definition) is 5.